The van der Waals surface area contributed by atoms with Gasteiger partial charge in [0.15, 0.2) is 9.84 Å². The van der Waals surface area contributed by atoms with Crippen LogP contribution in [-0.2, 0) is 16.4 Å². The summed E-state index contributed by atoms with van der Waals surface area (Å²) in [6.07, 6.45) is 0. The van der Waals surface area contributed by atoms with Crippen LogP contribution >= 0.6 is 0 Å². The van der Waals surface area contributed by atoms with Gasteiger partial charge in [-0.3, -0.25) is 0 Å². The Bertz CT molecular complexity index is 497. The minimum Gasteiger partial charge on any atom is -0.369 e. The van der Waals surface area contributed by atoms with Gasteiger partial charge in [0.05, 0.1) is 11.5 Å². The minimum atomic E-state index is -2.81. The van der Waals surface area contributed by atoms with Crippen LogP contribution in [0.25, 0.3) is 0 Å². The first-order valence-electron chi connectivity index (χ1n) is 5.77. The van der Waals surface area contributed by atoms with E-state index in [1.165, 1.54) is 5.56 Å². The van der Waals surface area contributed by atoms with Crippen LogP contribution in [0.5, 0.6) is 0 Å². The number of rotatable bonds is 2. The Hall–Kier alpha value is -1.07. The van der Waals surface area contributed by atoms with Crippen molar-refractivity contribution >= 4 is 15.5 Å². The number of anilines is 1. The lowest BCUT2D eigenvalue weighted by molar-refractivity contribution is 0.587. The summed E-state index contributed by atoms with van der Waals surface area (Å²) < 4.78 is 22.7. The van der Waals surface area contributed by atoms with E-state index in [9.17, 15) is 8.42 Å². The molecule has 5 heteroatoms. The van der Waals surface area contributed by atoms with Crippen molar-refractivity contribution in [1.29, 1.82) is 0 Å². The quantitative estimate of drug-likeness (QED) is 0.843. The predicted octanol–water partition coefficient (Wildman–Crippen LogP) is 0.689. The zero-order chi connectivity index (χ0) is 12.5. The second kappa shape index (κ2) is 4.66. The van der Waals surface area contributed by atoms with E-state index in [4.69, 9.17) is 5.73 Å². The van der Waals surface area contributed by atoms with Crippen molar-refractivity contribution in [2.24, 2.45) is 5.73 Å². The largest absolute Gasteiger partial charge is 0.369 e. The average molecular weight is 254 g/mol. The summed E-state index contributed by atoms with van der Waals surface area (Å²) in [6.45, 7) is 3.75. The van der Waals surface area contributed by atoms with E-state index in [2.05, 4.69) is 11.0 Å². The third-order valence-corrected chi connectivity index (χ3v) is 4.86. The molecule has 1 saturated heterocycles. The third-order valence-electron chi connectivity index (χ3n) is 3.26. The molecule has 1 aliphatic rings. The summed E-state index contributed by atoms with van der Waals surface area (Å²) in [6, 6.07) is 6.13. The van der Waals surface area contributed by atoms with Crippen molar-refractivity contribution in [3.05, 3.63) is 29.3 Å². The molecule has 17 heavy (non-hydrogen) atoms. The van der Waals surface area contributed by atoms with E-state index in [1.807, 2.05) is 19.1 Å². The van der Waals surface area contributed by atoms with Crippen LogP contribution in [0.2, 0.25) is 0 Å². The highest BCUT2D eigenvalue weighted by atomic mass is 32.2. The molecule has 2 rings (SSSR count). The highest BCUT2D eigenvalue weighted by molar-refractivity contribution is 7.91. The van der Waals surface area contributed by atoms with Gasteiger partial charge in [-0.15, -0.1) is 0 Å². The van der Waals surface area contributed by atoms with Crippen molar-refractivity contribution in [1.82, 2.24) is 0 Å². The van der Waals surface area contributed by atoms with Gasteiger partial charge in [0, 0.05) is 25.3 Å². The molecule has 0 atom stereocenters. The highest BCUT2D eigenvalue weighted by Crippen LogP contribution is 2.20. The van der Waals surface area contributed by atoms with Crippen molar-refractivity contribution < 1.29 is 8.42 Å². The Kier molecular flexibility index (Phi) is 3.40. The Balaban J connectivity index is 2.16. The van der Waals surface area contributed by atoms with Crippen molar-refractivity contribution in [3.8, 4) is 0 Å². The molecular formula is C12H18N2O2S. The maximum absolute atomic E-state index is 11.4. The molecule has 4 nitrogen and oxygen atoms in total. The topological polar surface area (TPSA) is 63.4 Å². The van der Waals surface area contributed by atoms with E-state index < -0.39 is 9.84 Å². The predicted molar refractivity (Wildman–Crippen MR) is 69.9 cm³/mol. The summed E-state index contributed by atoms with van der Waals surface area (Å²) in [5.74, 6) is 0.509. The second-order valence-electron chi connectivity index (χ2n) is 4.45. The highest BCUT2D eigenvalue weighted by Gasteiger charge is 2.21. The number of nitrogens with zero attached hydrogens (tertiary/aromatic N) is 1. The first-order chi connectivity index (χ1) is 8.02. The number of sulfone groups is 1. The maximum atomic E-state index is 11.4. The van der Waals surface area contributed by atoms with Crippen LogP contribution in [0, 0.1) is 6.92 Å². The summed E-state index contributed by atoms with van der Waals surface area (Å²) in [7, 11) is -2.81. The van der Waals surface area contributed by atoms with Crippen molar-refractivity contribution in [2.45, 2.75) is 13.5 Å². The fourth-order valence-electron chi connectivity index (χ4n) is 2.08. The molecule has 0 aliphatic carbocycles. The zero-order valence-electron chi connectivity index (χ0n) is 10.0. The molecule has 0 spiro atoms. The Morgan fingerprint density at radius 3 is 2.47 bits per heavy atom. The lowest BCUT2D eigenvalue weighted by atomic mass is 10.1. The van der Waals surface area contributed by atoms with E-state index in [1.54, 1.807) is 0 Å². The number of hydrogen-bond acceptors (Lipinski definition) is 4. The number of nitrogens with two attached hydrogens (primary N) is 1. The van der Waals surface area contributed by atoms with Crippen LogP contribution in [0.1, 0.15) is 11.1 Å². The smallest absolute Gasteiger partial charge is 0.153 e. The monoisotopic (exact) mass is 254 g/mol. The van der Waals surface area contributed by atoms with E-state index in [0.717, 1.165) is 11.3 Å². The number of hydrogen-bond donors (Lipinski definition) is 1. The summed E-state index contributed by atoms with van der Waals surface area (Å²) in [5.41, 5.74) is 9.02. The molecule has 2 N–H and O–H groups in total. The lowest BCUT2D eigenvalue weighted by Crippen LogP contribution is -2.40. The summed E-state index contributed by atoms with van der Waals surface area (Å²) in [4.78, 5) is 2.12. The first kappa shape index (κ1) is 12.4. The average Bonchev–Trinajstić information content (AvgIpc) is 2.29. The van der Waals surface area contributed by atoms with Gasteiger partial charge in [-0.05, 0) is 30.2 Å². The normalized spacial score (nSPS) is 19.3. The molecule has 1 aromatic rings. The van der Waals surface area contributed by atoms with Crippen molar-refractivity contribution in [3.63, 3.8) is 0 Å². The van der Waals surface area contributed by atoms with Gasteiger partial charge < -0.3 is 10.6 Å². The molecule has 1 aromatic carbocycles. The summed E-state index contributed by atoms with van der Waals surface area (Å²) in [5, 5.41) is 0. The second-order valence-corrected chi connectivity index (χ2v) is 6.76. The van der Waals surface area contributed by atoms with Crippen molar-refractivity contribution in [2.75, 3.05) is 29.5 Å². The van der Waals surface area contributed by atoms with Gasteiger partial charge in [-0.1, -0.05) is 6.07 Å². The van der Waals surface area contributed by atoms with Crippen LogP contribution in [-0.4, -0.2) is 33.0 Å². The fourth-order valence-corrected chi connectivity index (χ4v) is 3.28. The number of benzene rings is 1. The van der Waals surface area contributed by atoms with E-state index in [0.29, 0.717) is 19.6 Å². The molecule has 1 heterocycles. The Morgan fingerprint density at radius 1 is 1.29 bits per heavy atom. The van der Waals surface area contributed by atoms with Gasteiger partial charge in [-0.25, -0.2) is 8.42 Å². The van der Waals surface area contributed by atoms with E-state index >= 15 is 0 Å². The summed E-state index contributed by atoms with van der Waals surface area (Å²) >= 11 is 0. The SMILES string of the molecule is Cc1cc(N2CCS(=O)(=O)CC2)ccc1CN. The lowest BCUT2D eigenvalue weighted by Gasteiger charge is -2.29. The molecule has 94 valence electrons. The Morgan fingerprint density at radius 2 is 1.94 bits per heavy atom. The third kappa shape index (κ3) is 2.79. The van der Waals surface area contributed by atoms with Gasteiger partial charge in [0.1, 0.15) is 0 Å². The molecule has 0 aromatic heterocycles. The minimum absolute atomic E-state index is 0.255. The maximum Gasteiger partial charge on any atom is 0.153 e. The van der Waals surface area contributed by atoms with Gasteiger partial charge in [0.2, 0.25) is 0 Å². The van der Waals surface area contributed by atoms with Crippen LogP contribution in [0.4, 0.5) is 5.69 Å². The van der Waals surface area contributed by atoms with Crippen LogP contribution < -0.4 is 10.6 Å². The zero-order valence-corrected chi connectivity index (χ0v) is 10.8. The molecule has 1 aliphatic heterocycles. The first-order valence-corrected chi connectivity index (χ1v) is 7.59. The van der Waals surface area contributed by atoms with Crippen LogP contribution in [0.3, 0.4) is 0 Å². The fraction of sp³-hybridized carbons (Fsp3) is 0.500. The molecule has 0 bridgehead atoms. The van der Waals surface area contributed by atoms with Gasteiger partial charge in [-0.2, -0.15) is 0 Å². The Labute approximate surface area is 102 Å². The van der Waals surface area contributed by atoms with Gasteiger partial charge in [0.25, 0.3) is 0 Å². The van der Waals surface area contributed by atoms with Crippen LogP contribution in [0.15, 0.2) is 18.2 Å². The molecule has 1 fully saturated rings. The molecule has 0 radical (unpaired) electrons. The van der Waals surface area contributed by atoms with E-state index in [-0.39, 0.29) is 11.5 Å². The molecule has 0 amide bonds. The molecule has 0 saturated carbocycles. The van der Waals surface area contributed by atoms with Gasteiger partial charge >= 0.3 is 0 Å². The number of aryl methyl sites for hydroxylation is 1. The molecular weight excluding hydrogens is 236 g/mol. The standard InChI is InChI=1S/C12H18N2O2S/c1-10-8-12(3-2-11(10)9-13)14-4-6-17(15,16)7-5-14/h2-3,8H,4-7,9,13H2,1H3. The molecule has 0 unspecified atom stereocenters.